The fourth-order valence-corrected chi connectivity index (χ4v) is 15.3. The molecule has 5 rings (SSSR count). The summed E-state index contributed by atoms with van der Waals surface area (Å²) in [6.45, 7) is 22.1. The molecule has 9 N–H and O–H groups in total. The Hall–Kier alpha value is -3.26. The molecule has 0 saturated carbocycles. The first-order valence-electron chi connectivity index (χ1n) is 37.1. The first kappa shape index (κ1) is 85.4. The minimum Gasteiger partial charge on any atom is -0.459 e. The lowest BCUT2D eigenvalue weighted by Crippen LogP contribution is -2.45. The van der Waals surface area contributed by atoms with Crippen LogP contribution in [0.5, 0.6) is 0 Å². The van der Waals surface area contributed by atoms with Gasteiger partial charge in [-0.1, -0.05) is 115 Å². The predicted molar refractivity (Wildman–Crippen MR) is 377 cm³/mol. The molecule has 20 nitrogen and oxygen atoms in total. The van der Waals surface area contributed by atoms with Crippen LogP contribution in [0.25, 0.3) is 0 Å². The zero-order chi connectivity index (χ0) is 72.5. The maximum atomic E-state index is 13.9. The summed E-state index contributed by atoms with van der Waals surface area (Å²) in [5.74, 6) is -6.07. The third-order valence-corrected chi connectivity index (χ3v) is 22.5. The normalized spacial score (nSPS) is 38.9. The molecule has 0 amide bonds. The number of hydrogen-bond acceptors (Lipinski definition) is 20. The molecule has 0 aromatic carbocycles. The predicted octanol–water partition coefficient (Wildman–Crippen LogP) is 9.70. The van der Waals surface area contributed by atoms with Gasteiger partial charge < -0.3 is 88.6 Å². The highest BCUT2D eigenvalue weighted by molar-refractivity contribution is 5.83. The average Bonchev–Trinajstić information content (AvgIpc) is 0.858. The second-order valence-corrected chi connectivity index (χ2v) is 30.5. The Bertz CT molecular complexity index is 2320. The van der Waals surface area contributed by atoms with E-state index in [0.29, 0.717) is 56.1 Å². The maximum Gasteiger partial charge on any atom is 0.331 e. The molecule has 2 fully saturated rings. The zero-order valence-corrected chi connectivity index (χ0v) is 62.0. The molecule has 2 saturated heterocycles. The minimum atomic E-state index is -1.15. The third kappa shape index (κ3) is 28.1. The van der Waals surface area contributed by atoms with Crippen LogP contribution in [0.1, 0.15) is 199 Å². The Labute approximate surface area is 587 Å². The van der Waals surface area contributed by atoms with Crippen molar-refractivity contribution in [2.24, 2.45) is 53.3 Å². The van der Waals surface area contributed by atoms with Crippen molar-refractivity contribution in [3.05, 3.63) is 71.9 Å². The van der Waals surface area contributed by atoms with Gasteiger partial charge in [-0.15, -0.1) is 0 Å². The van der Waals surface area contributed by atoms with Crippen LogP contribution in [0.4, 0.5) is 0 Å². The van der Waals surface area contributed by atoms with E-state index in [1.807, 2.05) is 78.0 Å². The monoisotopic (exact) mass is 1390 g/mol. The van der Waals surface area contributed by atoms with Crippen LogP contribution in [0.3, 0.4) is 0 Å². The van der Waals surface area contributed by atoms with Gasteiger partial charge in [0.15, 0.2) is 0 Å². The molecule has 0 aliphatic carbocycles. The quantitative estimate of drug-likeness (QED) is 0.0405. The molecule has 5 aliphatic rings. The van der Waals surface area contributed by atoms with Crippen LogP contribution in [0.15, 0.2) is 71.9 Å². The molecule has 5 heterocycles. The third-order valence-electron chi connectivity index (χ3n) is 22.5. The van der Waals surface area contributed by atoms with Gasteiger partial charge in [0.2, 0.25) is 0 Å². The fourth-order valence-electron chi connectivity index (χ4n) is 15.3. The van der Waals surface area contributed by atoms with Crippen LogP contribution >= 0.6 is 0 Å². The Morgan fingerprint density at radius 2 is 0.898 bits per heavy atom. The van der Waals surface area contributed by atoms with E-state index in [2.05, 4.69) is 0 Å². The van der Waals surface area contributed by atoms with E-state index in [-0.39, 0.29) is 106 Å². The number of carbonyl (C=O) groups is 2. The van der Waals surface area contributed by atoms with E-state index in [0.717, 1.165) is 32.1 Å². The molecule has 0 aromatic heterocycles. The van der Waals surface area contributed by atoms with E-state index < -0.39 is 133 Å². The van der Waals surface area contributed by atoms with Crippen molar-refractivity contribution in [3.8, 4) is 0 Å². The zero-order valence-electron chi connectivity index (χ0n) is 62.0. The fraction of sp³-hybridized carbons (Fsp3) is 0.821. The summed E-state index contributed by atoms with van der Waals surface area (Å²) in [4.78, 5) is 27.8. The molecule has 0 spiro atoms. The van der Waals surface area contributed by atoms with Gasteiger partial charge >= 0.3 is 11.9 Å². The van der Waals surface area contributed by atoms with Crippen molar-refractivity contribution in [3.63, 3.8) is 0 Å². The van der Waals surface area contributed by atoms with Crippen molar-refractivity contribution >= 4 is 11.9 Å². The van der Waals surface area contributed by atoms with Crippen LogP contribution in [0.2, 0.25) is 0 Å². The van der Waals surface area contributed by atoms with Crippen molar-refractivity contribution in [1.29, 1.82) is 0 Å². The van der Waals surface area contributed by atoms with Crippen molar-refractivity contribution in [1.82, 2.24) is 0 Å². The number of ether oxygens (including phenoxy) is 9. The first-order valence-corrected chi connectivity index (χ1v) is 37.1. The van der Waals surface area contributed by atoms with E-state index in [9.17, 15) is 55.5 Å². The van der Waals surface area contributed by atoms with Gasteiger partial charge in [0.1, 0.15) is 12.2 Å². The van der Waals surface area contributed by atoms with Crippen LogP contribution in [0, 0.1) is 53.3 Å². The number of cyclic esters (lactones) is 2. The highest BCUT2D eigenvalue weighted by Gasteiger charge is 2.42. The lowest BCUT2D eigenvalue weighted by Gasteiger charge is -2.37. The number of methoxy groups -OCH3 is 3. The minimum absolute atomic E-state index is 0.00962. The van der Waals surface area contributed by atoms with Gasteiger partial charge in [-0.05, 0) is 135 Å². The molecule has 0 radical (unpaired) electrons. The number of hydrogen-bond donors (Lipinski definition) is 9. The summed E-state index contributed by atoms with van der Waals surface area (Å²) in [7, 11) is 5.00. The molecule has 98 heavy (non-hydrogen) atoms. The summed E-state index contributed by atoms with van der Waals surface area (Å²) in [5.41, 5.74) is 1.35. The number of fused-ring (bicyclic) bond motifs is 4. The number of aliphatic hydroxyl groups excluding tert-OH is 9. The molecule has 4 bridgehead atoms. The molecule has 5 aliphatic heterocycles. The first-order chi connectivity index (χ1) is 46.4. The van der Waals surface area contributed by atoms with E-state index in [4.69, 9.17) is 42.6 Å². The van der Waals surface area contributed by atoms with E-state index in [1.165, 1.54) is 12.2 Å². The van der Waals surface area contributed by atoms with Crippen molar-refractivity contribution < 1.29 is 98.2 Å². The molecule has 3 unspecified atom stereocenters. The van der Waals surface area contributed by atoms with Crippen molar-refractivity contribution in [2.75, 3.05) is 27.9 Å². The van der Waals surface area contributed by atoms with Crippen LogP contribution in [-0.4, -0.2) is 214 Å². The van der Waals surface area contributed by atoms with Gasteiger partial charge in [0.25, 0.3) is 0 Å². The Morgan fingerprint density at radius 1 is 0.490 bits per heavy atom. The number of carbonyl (C=O) groups excluding carboxylic acids is 2. The summed E-state index contributed by atoms with van der Waals surface area (Å²) < 4.78 is 55.1. The molecule has 564 valence electrons. The molecule has 20 heteroatoms. The topological polar surface area (TPSA) is 299 Å². The molecular formula is C78H132O20. The van der Waals surface area contributed by atoms with Crippen LogP contribution in [-0.2, 0) is 52.2 Å². The summed E-state index contributed by atoms with van der Waals surface area (Å²) in [5, 5.41) is 105. The molecule has 30 atom stereocenters. The van der Waals surface area contributed by atoms with Gasteiger partial charge in [0.05, 0.1) is 116 Å². The van der Waals surface area contributed by atoms with Crippen molar-refractivity contribution in [2.45, 2.75) is 327 Å². The maximum absolute atomic E-state index is 13.9. The lowest BCUT2D eigenvalue weighted by molar-refractivity contribution is -0.154. The number of rotatable bonds is 20. The highest BCUT2D eigenvalue weighted by atomic mass is 16.6. The SMILES string of the molecule is CO[C@H]1CC(CC[C@H](C)[C@H](O)[C@H](C)[C@@H](O)[C@@H](C)[C@H]2C[C@H](O)[C@H](C)[C@@H](OC)CC3CC=C[C@@H](C[C@@H](O)C/C=C(C)/C=C/C(=O)O[C@@H]([C@H](C)[C@H](O)[C@@H](C)[C@@H](O)[C@@H](C)CC[C@H]4C[C@H](OC)C[C@H](C)O4)C[C@H](O)[C@H](C)[C@@H](CO)CC4CC=C[C@@H](C[C@@H](O)C/C=C(C)/C=C/C(=O)O2)O4)O3)O[C@@H](C)C1. The number of esters is 2. The number of allylic oxidation sites excluding steroid dienone is 4. The average molecular weight is 1390 g/mol. The van der Waals surface area contributed by atoms with Gasteiger partial charge in [-0.2, -0.15) is 0 Å². The lowest BCUT2D eigenvalue weighted by atomic mass is 9.78. The summed E-state index contributed by atoms with van der Waals surface area (Å²) >= 11 is 0. The Balaban J connectivity index is 1.35. The summed E-state index contributed by atoms with van der Waals surface area (Å²) in [6.07, 6.45) is 14.1. The Morgan fingerprint density at radius 3 is 1.30 bits per heavy atom. The summed E-state index contributed by atoms with van der Waals surface area (Å²) in [6, 6.07) is 0. The highest BCUT2D eigenvalue weighted by Crippen LogP contribution is 2.37. The van der Waals surface area contributed by atoms with Gasteiger partial charge in [0, 0.05) is 102 Å². The largest absolute Gasteiger partial charge is 0.459 e. The second-order valence-electron chi connectivity index (χ2n) is 30.5. The van der Waals surface area contributed by atoms with E-state index >= 15 is 0 Å². The van der Waals surface area contributed by atoms with E-state index in [1.54, 1.807) is 75.0 Å². The molecular weight excluding hydrogens is 1260 g/mol. The standard InChI is InChI=1S/C78H132O20/c1-45-22-28-58(80)37-61-19-16-18-60(95-61)36-57(44-79)51(7)68(82)42-71(53(9)77(88)55(11)75(86)47(3)26-30-64-39-66(90-13)34-49(5)93-64)97-73(84)32-24-46(2)23-29-59(81)38-62-20-17-21-63(96-62)41-70(92-15)52(8)69(83)43-72(98-74(85)33-25-45)54(10)78(89)56(12)76(87)48(4)27-31-65-40-67(91-14)35-50(6)94-65/h16-17,19-20,22-25,32-33,47-72,75-83,86-89H,18,21,26-31,34-44H2,1-15H3/b32-24+,33-25+,45-22+,46-23+/t47-,48-,49-,50-,51+,52-,53-,54-,55-,56-,57+,58-,59-,60?,61-,62-,63?,64-,65?,66+,67+,68-,69-,70-,71+,72+,75-,76-,77-,78-/m0/s1. The van der Waals surface area contributed by atoms with Gasteiger partial charge in [-0.3, -0.25) is 0 Å². The smallest absolute Gasteiger partial charge is 0.331 e. The second kappa shape index (κ2) is 43.1. The van der Waals surface area contributed by atoms with Crippen LogP contribution < -0.4 is 0 Å². The van der Waals surface area contributed by atoms with Gasteiger partial charge in [-0.25, -0.2) is 9.59 Å². The number of aliphatic hydroxyl groups is 9. The molecule has 0 aromatic rings. The Kier molecular flexibility index (Phi) is 37.6.